The summed E-state index contributed by atoms with van der Waals surface area (Å²) in [6, 6.07) is 0. The van der Waals surface area contributed by atoms with Gasteiger partial charge >= 0.3 is 6.09 Å². The Morgan fingerprint density at radius 2 is 2.21 bits per heavy atom. The summed E-state index contributed by atoms with van der Waals surface area (Å²) in [5, 5.41) is 4.00. The molecule has 0 unspecified atom stereocenters. The molecule has 0 radical (unpaired) electrons. The van der Waals surface area contributed by atoms with Gasteiger partial charge in [-0.2, -0.15) is 5.10 Å². The van der Waals surface area contributed by atoms with Crippen LogP contribution in [-0.4, -0.2) is 17.9 Å². The topological polar surface area (TPSA) is 50.7 Å². The summed E-state index contributed by atoms with van der Waals surface area (Å²) in [4.78, 5) is 11.5. The summed E-state index contributed by atoms with van der Waals surface area (Å²) in [6.07, 6.45) is 5.87. The first-order chi connectivity index (χ1) is 8.70. The largest absolute Gasteiger partial charge is 0.443 e. The van der Waals surface area contributed by atoms with Gasteiger partial charge in [-0.05, 0) is 56.4 Å². The first-order valence-corrected chi connectivity index (χ1v) is 6.92. The Morgan fingerprint density at radius 3 is 2.74 bits per heavy atom. The van der Waals surface area contributed by atoms with Crippen molar-refractivity contribution in [1.82, 2.24) is 5.43 Å². The summed E-state index contributed by atoms with van der Waals surface area (Å²) < 4.78 is 5.12. The molecule has 106 valence electrons. The first kappa shape index (κ1) is 14.1. The Bertz CT molecular complexity index is 430. The van der Waals surface area contributed by atoms with Crippen molar-refractivity contribution >= 4 is 12.3 Å². The van der Waals surface area contributed by atoms with Gasteiger partial charge in [0.2, 0.25) is 0 Å². The van der Waals surface area contributed by atoms with Crippen LogP contribution in [0.25, 0.3) is 0 Å². The fraction of sp³-hybridized carbons (Fsp3) is 0.733. The minimum Gasteiger partial charge on any atom is -0.443 e. The predicted octanol–water partition coefficient (Wildman–Crippen LogP) is 3.49. The van der Waals surface area contributed by atoms with Gasteiger partial charge in [0.05, 0.1) is 6.21 Å². The summed E-state index contributed by atoms with van der Waals surface area (Å²) >= 11 is 0. The number of nitrogens with one attached hydrogen (secondary N) is 1. The summed E-state index contributed by atoms with van der Waals surface area (Å²) in [6.45, 7) is 10.1. The van der Waals surface area contributed by atoms with Crippen LogP contribution in [0.1, 0.15) is 47.5 Å². The van der Waals surface area contributed by atoms with Gasteiger partial charge in [-0.3, -0.25) is 0 Å². The number of rotatable bonds is 2. The summed E-state index contributed by atoms with van der Waals surface area (Å²) in [5.41, 5.74) is 3.54. The highest BCUT2D eigenvalue weighted by molar-refractivity contribution is 5.81. The highest BCUT2D eigenvalue weighted by Crippen LogP contribution is 2.58. The maximum absolute atomic E-state index is 11.5. The maximum atomic E-state index is 11.5. The lowest BCUT2D eigenvalue weighted by Gasteiger charge is -2.55. The zero-order chi connectivity index (χ0) is 14.3. The van der Waals surface area contributed by atoms with E-state index in [1.807, 2.05) is 20.8 Å². The number of allylic oxidation sites excluding steroid dienone is 2. The third kappa shape index (κ3) is 2.99. The Hall–Kier alpha value is -1.32. The Morgan fingerprint density at radius 1 is 1.53 bits per heavy atom. The third-order valence-electron chi connectivity index (χ3n) is 4.28. The fourth-order valence-electron chi connectivity index (χ4n) is 3.01. The number of amides is 1. The molecule has 4 nitrogen and oxygen atoms in total. The molecule has 1 N–H and O–H groups in total. The number of ether oxygens (including phenoxy) is 1. The minimum absolute atomic E-state index is 0.377. The highest BCUT2D eigenvalue weighted by atomic mass is 16.6. The molecule has 0 aromatic heterocycles. The van der Waals surface area contributed by atoms with Gasteiger partial charge < -0.3 is 4.74 Å². The van der Waals surface area contributed by atoms with Gasteiger partial charge in [0.25, 0.3) is 0 Å². The quantitative estimate of drug-likeness (QED) is 0.613. The van der Waals surface area contributed by atoms with Gasteiger partial charge in [-0.1, -0.05) is 19.9 Å². The molecular weight excluding hydrogens is 240 g/mol. The second-order valence-corrected chi connectivity index (χ2v) is 7.12. The van der Waals surface area contributed by atoms with E-state index in [4.69, 9.17) is 4.74 Å². The molecule has 0 saturated heterocycles. The number of fused-ring (bicyclic) bond motifs is 1. The van der Waals surface area contributed by atoms with Crippen molar-refractivity contribution in [2.75, 3.05) is 0 Å². The molecule has 4 heteroatoms. The monoisotopic (exact) mass is 264 g/mol. The van der Waals surface area contributed by atoms with Gasteiger partial charge in [0.1, 0.15) is 5.60 Å². The normalized spacial score (nSPS) is 28.6. The second-order valence-electron chi connectivity index (χ2n) is 7.12. The van der Waals surface area contributed by atoms with E-state index in [0.29, 0.717) is 11.3 Å². The van der Waals surface area contributed by atoms with E-state index in [9.17, 15) is 4.79 Å². The standard InChI is InChI=1S/C15H24N2O2/c1-14(2,3)19-13(18)17-16-9-10-6-7-11-8-12(10)15(11,4)5/h6,9,11-12H,7-8H2,1-5H3,(H,17,18)/b16-9-/t11-,12-/m0/s1. The molecule has 1 amide bonds. The Labute approximate surface area is 115 Å². The van der Waals surface area contributed by atoms with Crippen molar-refractivity contribution in [2.24, 2.45) is 22.4 Å². The van der Waals surface area contributed by atoms with Crippen molar-refractivity contribution in [3.05, 3.63) is 11.6 Å². The molecule has 3 rings (SSSR count). The molecule has 1 saturated carbocycles. The number of hydrogen-bond acceptors (Lipinski definition) is 3. The van der Waals surface area contributed by atoms with E-state index in [-0.39, 0.29) is 0 Å². The molecular formula is C15H24N2O2. The molecule has 0 aliphatic heterocycles. The molecule has 0 heterocycles. The molecule has 3 aliphatic rings. The lowest BCUT2D eigenvalue weighted by atomic mass is 9.49. The average Bonchev–Trinajstić information content (AvgIpc) is 2.26. The number of hydrazone groups is 1. The van der Waals surface area contributed by atoms with Crippen molar-refractivity contribution < 1.29 is 9.53 Å². The average molecular weight is 264 g/mol. The molecule has 2 atom stereocenters. The van der Waals surface area contributed by atoms with Crippen LogP contribution >= 0.6 is 0 Å². The van der Waals surface area contributed by atoms with Crippen molar-refractivity contribution in [3.8, 4) is 0 Å². The van der Waals surface area contributed by atoms with Crippen molar-refractivity contribution in [2.45, 2.75) is 53.1 Å². The second kappa shape index (κ2) is 4.66. The Kier molecular flexibility index (Phi) is 3.45. The van der Waals surface area contributed by atoms with Crippen LogP contribution in [0.2, 0.25) is 0 Å². The number of carbonyl (C=O) groups is 1. The van der Waals surface area contributed by atoms with Gasteiger partial charge in [-0.15, -0.1) is 0 Å². The fourth-order valence-corrected chi connectivity index (χ4v) is 3.01. The molecule has 0 aromatic rings. The van der Waals surface area contributed by atoms with Crippen LogP contribution in [-0.2, 0) is 4.74 Å². The molecule has 3 aliphatic carbocycles. The number of hydrogen-bond donors (Lipinski definition) is 1. The molecule has 0 spiro atoms. The van der Waals surface area contributed by atoms with E-state index in [1.165, 1.54) is 12.0 Å². The van der Waals surface area contributed by atoms with Gasteiger partial charge in [-0.25, -0.2) is 10.2 Å². The van der Waals surface area contributed by atoms with Crippen molar-refractivity contribution in [1.29, 1.82) is 0 Å². The summed E-state index contributed by atoms with van der Waals surface area (Å²) in [5.74, 6) is 1.39. The summed E-state index contributed by atoms with van der Waals surface area (Å²) in [7, 11) is 0. The van der Waals surface area contributed by atoms with Gasteiger partial charge in [0.15, 0.2) is 0 Å². The van der Waals surface area contributed by atoms with Crippen LogP contribution < -0.4 is 5.43 Å². The molecule has 2 bridgehead atoms. The van der Waals surface area contributed by atoms with E-state index >= 15 is 0 Å². The van der Waals surface area contributed by atoms with Crippen LogP contribution in [0.5, 0.6) is 0 Å². The maximum Gasteiger partial charge on any atom is 0.428 e. The first-order valence-electron chi connectivity index (χ1n) is 6.92. The predicted molar refractivity (Wildman–Crippen MR) is 75.9 cm³/mol. The number of carbonyl (C=O) groups excluding carboxylic acids is 1. The number of nitrogens with zero attached hydrogens (tertiary/aromatic N) is 1. The molecule has 0 aromatic carbocycles. The van der Waals surface area contributed by atoms with Crippen LogP contribution in [0, 0.1) is 17.3 Å². The highest BCUT2D eigenvalue weighted by Gasteiger charge is 2.50. The molecule has 19 heavy (non-hydrogen) atoms. The minimum atomic E-state index is -0.508. The van der Waals surface area contributed by atoms with E-state index in [0.717, 1.165) is 12.3 Å². The van der Waals surface area contributed by atoms with E-state index in [2.05, 4.69) is 30.5 Å². The van der Waals surface area contributed by atoms with Crippen molar-refractivity contribution in [3.63, 3.8) is 0 Å². The van der Waals surface area contributed by atoms with Crippen LogP contribution in [0.15, 0.2) is 16.8 Å². The zero-order valence-corrected chi connectivity index (χ0v) is 12.5. The lowest BCUT2D eigenvalue weighted by Crippen LogP contribution is -2.48. The molecule has 1 fully saturated rings. The van der Waals surface area contributed by atoms with Gasteiger partial charge in [0, 0.05) is 0 Å². The van der Waals surface area contributed by atoms with Crippen LogP contribution in [0.3, 0.4) is 0 Å². The van der Waals surface area contributed by atoms with Crippen LogP contribution in [0.4, 0.5) is 4.79 Å². The van der Waals surface area contributed by atoms with E-state index < -0.39 is 11.7 Å². The lowest BCUT2D eigenvalue weighted by molar-refractivity contribution is -0.00127. The third-order valence-corrected chi connectivity index (χ3v) is 4.28. The Balaban J connectivity index is 1.87. The zero-order valence-electron chi connectivity index (χ0n) is 12.5. The van der Waals surface area contributed by atoms with E-state index in [1.54, 1.807) is 6.21 Å². The smallest absolute Gasteiger partial charge is 0.428 e. The SMILES string of the molecule is CC(C)(C)OC(=O)N/N=C\C1=CC[C@H]2C[C@@H]1C2(C)C.